The quantitative estimate of drug-likeness (QED) is 0.662. The van der Waals surface area contributed by atoms with Crippen LogP contribution >= 0.6 is 0 Å². The highest BCUT2D eigenvalue weighted by molar-refractivity contribution is 5.95. The summed E-state index contributed by atoms with van der Waals surface area (Å²) in [4.78, 5) is 31.9. The fraction of sp³-hybridized carbons (Fsp3) is 0.269. The number of pyridine rings is 1. The van der Waals surface area contributed by atoms with Crippen LogP contribution in [-0.4, -0.2) is 41.8 Å². The number of carbonyl (C=O) groups is 2. The van der Waals surface area contributed by atoms with E-state index in [9.17, 15) is 14.0 Å². The van der Waals surface area contributed by atoms with E-state index in [1.165, 1.54) is 12.1 Å². The number of halogens is 1. The average Bonchev–Trinajstić information content (AvgIpc) is 2.84. The average molecular weight is 432 g/mol. The van der Waals surface area contributed by atoms with Gasteiger partial charge in [-0.1, -0.05) is 36.4 Å². The Bertz CT molecular complexity index is 1120. The first kappa shape index (κ1) is 21.7. The molecule has 1 aliphatic heterocycles. The molecule has 164 valence electrons. The fourth-order valence-electron chi connectivity index (χ4n) is 4.58. The van der Waals surface area contributed by atoms with Crippen molar-refractivity contribution in [2.45, 2.75) is 19.3 Å². The summed E-state index contributed by atoms with van der Waals surface area (Å²) in [6.07, 6.45) is 5.13. The van der Waals surface area contributed by atoms with Crippen LogP contribution in [0.3, 0.4) is 0 Å². The van der Waals surface area contributed by atoms with Crippen molar-refractivity contribution in [1.29, 1.82) is 0 Å². The highest BCUT2D eigenvalue weighted by Gasteiger charge is 2.43. The third-order valence-corrected chi connectivity index (χ3v) is 6.13. The van der Waals surface area contributed by atoms with Crippen molar-refractivity contribution in [3.63, 3.8) is 0 Å². The molecule has 0 aliphatic carbocycles. The normalized spacial score (nSPS) is 18.2. The summed E-state index contributed by atoms with van der Waals surface area (Å²) in [7, 11) is 1.64. The van der Waals surface area contributed by atoms with Crippen molar-refractivity contribution in [3.8, 4) is 11.1 Å². The molecule has 1 aliphatic rings. The predicted molar refractivity (Wildman–Crippen MR) is 121 cm³/mol. The van der Waals surface area contributed by atoms with Crippen molar-refractivity contribution >= 4 is 11.8 Å². The molecule has 0 spiro atoms. The Balaban J connectivity index is 1.62. The molecule has 2 aromatic carbocycles. The molecule has 1 aromatic heterocycles. The summed E-state index contributed by atoms with van der Waals surface area (Å²) in [5, 5.41) is 2.81. The Hall–Kier alpha value is -3.54. The van der Waals surface area contributed by atoms with Crippen LogP contribution in [0.4, 0.5) is 4.39 Å². The van der Waals surface area contributed by atoms with Gasteiger partial charge in [-0.05, 0) is 60.2 Å². The first-order valence-corrected chi connectivity index (χ1v) is 10.8. The van der Waals surface area contributed by atoms with Crippen molar-refractivity contribution in [1.82, 2.24) is 15.2 Å². The first-order chi connectivity index (χ1) is 15.5. The van der Waals surface area contributed by atoms with Crippen LogP contribution in [0.5, 0.6) is 0 Å². The number of hydrogen-bond acceptors (Lipinski definition) is 3. The largest absolute Gasteiger partial charge is 0.359 e. The summed E-state index contributed by atoms with van der Waals surface area (Å²) < 4.78 is 13.7. The van der Waals surface area contributed by atoms with Gasteiger partial charge in [0.1, 0.15) is 5.82 Å². The molecule has 5 nitrogen and oxygen atoms in total. The van der Waals surface area contributed by atoms with Gasteiger partial charge in [0.05, 0.1) is 5.41 Å². The summed E-state index contributed by atoms with van der Waals surface area (Å²) in [5.41, 5.74) is 2.51. The highest BCUT2D eigenvalue weighted by Crippen LogP contribution is 2.35. The standard InChI is InChI=1S/C26H26FN3O2/c1-28-25(32)26(11-4-14-30(18-26)24(31)20-9-12-29-13-10-20)17-19-5-2-6-21(15-19)22-7-3-8-23(27)16-22/h2-3,5-10,12-13,15-16H,4,11,14,17-18H2,1H3,(H,28,32). The minimum absolute atomic E-state index is 0.0686. The van der Waals surface area contributed by atoms with Gasteiger partial charge in [0.2, 0.25) is 5.91 Å². The molecule has 4 rings (SSSR count). The van der Waals surface area contributed by atoms with E-state index < -0.39 is 5.41 Å². The second-order valence-electron chi connectivity index (χ2n) is 8.31. The Morgan fingerprint density at radius 2 is 1.78 bits per heavy atom. The number of nitrogens with zero attached hydrogens (tertiary/aromatic N) is 2. The summed E-state index contributed by atoms with van der Waals surface area (Å²) >= 11 is 0. The number of hydrogen-bond donors (Lipinski definition) is 1. The minimum Gasteiger partial charge on any atom is -0.359 e. The van der Waals surface area contributed by atoms with E-state index in [0.717, 1.165) is 23.1 Å². The van der Waals surface area contributed by atoms with Crippen molar-refractivity contribution in [2.24, 2.45) is 5.41 Å². The van der Waals surface area contributed by atoms with E-state index in [4.69, 9.17) is 0 Å². The Kier molecular flexibility index (Phi) is 6.30. The van der Waals surface area contributed by atoms with Crippen LogP contribution in [0.1, 0.15) is 28.8 Å². The molecule has 32 heavy (non-hydrogen) atoms. The Morgan fingerprint density at radius 1 is 1.06 bits per heavy atom. The monoisotopic (exact) mass is 431 g/mol. The van der Waals surface area contributed by atoms with Crippen LogP contribution in [0.2, 0.25) is 0 Å². The molecule has 1 unspecified atom stereocenters. The molecule has 2 heterocycles. The molecule has 0 radical (unpaired) electrons. The van der Waals surface area contributed by atoms with Gasteiger partial charge in [0.15, 0.2) is 0 Å². The zero-order valence-electron chi connectivity index (χ0n) is 18.1. The predicted octanol–water partition coefficient (Wildman–Crippen LogP) is 4.10. The molecular weight excluding hydrogens is 405 g/mol. The zero-order valence-corrected chi connectivity index (χ0v) is 18.1. The number of aromatic nitrogens is 1. The van der Waals surface area contributed by atoms with E-state index in [1.807, 2.05) is 30.3 Å². The third-order valence-electron chi connectivity index (χ3n) is 6.13. The van der Waals surface area contributed by atoms with Gasteiger partial charge in [-0.15, -0.1) is 0 Å². The second kappa shape index (κ2) is 9.30. The molecule has 1 N–H and O–H groups in total. The number of benzene rings is 2. The molecule has 1 atom stereocenters. The summed E-state index contributed by atoms with van der Waals surface area (Å²) in [5.74, 6) is -0.443. The lowest BCUT2D eigenvalue weighted by molar-refractivity contribution is -0.133. The summed E-state index contributed by atoms with van der Waals surface area (Å²) in [6, 6.07) is 17.7. The number of carbonyl (C=O) groups excluding carboxylic acids is 2. The van der Waals surface area contributed by atoms with E-state index in [1.54, 1.807) is 42.5 Å². The second-order valence-corrected chi connectivity index (χ2v) is 8.31. The highest BCUT2D eigenvalue weighted by atomic mass is 19.1. The van der Waals surface area contributed by atoms with Gasteiger partial charge in [-0.2, -0.15) is 0 Å². The Morgan fingerprint density at radius 3 is 2.50 bits per heavy atom. The number of amides is 2. The molecular formula is C26H26FN3O2. The topological polar surface area (TPSA) is 62.3 Å². The maximum absolute atomic E-state index is 13.7. The van der Waals surface area contributed by atoms with Crippen LogP contribution in [0.15, 0.2) is 73.1 Å². The van der Waals surface area contributed by atoms with Gasteiger partial charge in [0, 0.05) is 38.1 Å². The van der Waals surface area contributed by atoms with Gasteiger partial charge < -0.3 is 10.2 Å². The molecule has 0 saturated carbocycles. The lowest BCUT2D eigenvalue weighted by Crippen LogP contribution is -2.54. The lowest BCUT2D eigenvalue weighted by Gasteiger charge is -2.41. The van der Waals surface area contributed by atoms with E-state index in [0.29, 0.717) is 31.5 Å². The van der Waals surface area contributed by atoms with Crippen LogP contribution in [0.25, 0.3) is 11.1 Å². The van der Waals surface area contributed by atoms with Crippen LogP contribution < -0.4 is 5.32 Å². The number of piperidine rings is 1. The maximum Gasteiger partial charge on any atom is 0.253 e. The number of rotatable bonds is 5. The molecule has 1 fully saturated rings. The molecule has 1 saturated heterocycles. The van der Waals surface area contributed by atoms with Gasteiger partial charge in [-0.3, -0.25) is 14.6 Å². The molecule has 0 bridgehead atoms. The zero-order chi connectivity index (χ0) is 22.6. The van der Waals surface area contributed by atoms with Crippen molar-refractivity contribution in [2.75, 3.05) is 20.1 Å². The number of likely N-dealkylation sites (tertiary alicyclic amines) is 1. The van der Waals surface area contributed by atoms with Gasteiger partial charge in [0.25, 0.3) is 5.91 Å². The van der Waals surface area contributed by atoms with Crippen molar-refractivity contribution < 1.29 is 14.0 Å². The molecule has 3 aromatic rings. The molecule has 6 heteroatoms. The van der Waals surface area contributed by atoms with E-state index in [2.05, 4.69) is 10.3 Å². The summed E-state index contributed by atoms with van der Waals surface area (Å²) in [6.45, 7) is 0.960. The van der Waals surface area contributed by atoms with Crippen LogP contribution in [-0.2, 0) is 11.2 Å². The van der Waals surface area contributed by atoms with Gasteiger partial charge in [-0.25, -0.2) is 4.39 Å². The molecule has 2 amide bonds. The maximum atomic E-state index is 13.7. The Labute approximate surface area is 187 Å². The van der Waals surface area contributed by atoms with E-state index in [-0.39, 0.29) is 17.6 Å². The van der Waals surface area contributed by atoms with Crippen molar-refractivity contribution in [3.05, 3.63) is 90.0 Å². The first-order valence-electron chi connectivity index (χ1n) is 10.8. The van der Waals surface area contributed by atoms with E-state index >= 15 is 0 Å². The van der Waals surface area contributed by atoms with Gasteiger partial charge >= 0.3 is 0 Å². The lowest BCUT2D eigenvalue weighted by atomic mass is 9.74. The van der Waals surface area contributed by atoms with Crippen LogP contribution in [0, 0.1) is 11.2 Å². The third kappa shape index (κ3) is 4.54. The SMILES string of the molecule is CNC(=O)C1(Cc2cccc(-c3cccc(F)c3)c2)CCCN(C(=O)c2ccncc2)C1. The number of nitrogens with one attached hydrogen (secondary N) is 1. The fourth-order valence-corrected chi connectivity index (χ4v) is 4.58. The minimum atomic E-state index is -0.726. The smallest absolute Gasteiger partial charge is 0.253 e.